The molecule has 0 bridgehead atoms. The van der Waals surface area contributed by atoms with E-state index < -0.39 is 0 Å². The Morgan fingerprint density at radius 3 is 2.78 bits per heavy atom. The first-order valence-electron chi connectivity index (χ1n) is 5.98. The fourth-order valence-electron chi connectivity index (χ4n) is 2.30. The monoisotopic (exact) mass is 276 g/mol. The van der Waals surface area contributed by atoms with Crippen LogP contribution in [0, 0.1) is 17.6 Å². The second-order valence-electron chi connectivity index (χ2n) is 4.90. The summed E-state index contributed by atoms with van der Waals surface area (Å²) in [4.78, 5) is 2.13. The molecule has 0 aromatic heterocycles. The number of piperidine rings is 1. The van der Waals surface area contributed by atoms with Gasteiger partial charge in [0.05, 0.1) is 0 Å². The van der Waals surface area contributed by atoms with E-state index in [4.69, 9.17) is 5.73 Å². The van der Waals surface area contributed by atoms with Gasteiger partial charge < -0.3 is 5.73 Å². The lowest BCUT2D eigenvalue weighted by Crippen LogP contribution is -2.45. The Hall–Kier alpha value is -0.710. The van der Waals surface area contributed by atoms with E-state index in [1.54, 1.807) is 0 Å². The molecule has 5 heteroatoms. The maximum absolute atomic E-state index is 13.5. The first kappa shape index (κ1) is 15.3. The minimum absolute atomic E-state index is 0. The Kier molecular flexibility index (Phi) is 5.50. The van der Waals surface area contributed by atoms with Gasteiger partial charge in [-0.2, -0.15) is 0 Å². The highest BCUT2D eigenvalue weighted by Gasteiger charge is 2.23. The van der Waals surface area contributed by atoms with Gasteiger partial charge in [-0.05, 0) is 37.1 Å². The third-order valence-electron chi connectivity index (χ3n) is 3.46. The lowest BCUT2D eigenvalue weighted by Gasteiger charge is -2.35. The van der Waals surface area contributed by atoms with Crippen molar-refractivity contribution < 1.29 is 8.78 Å². The zero-order valence-electron chi connectivity index (χ0n) is 10.4. The van der Waals surface area contributed by atoms with Gasteiger partial charge in [0, 0.05) is 24.7 Å². The van der Waals surface area contributed by atoms with Crippen molar-refractivity contribution in [3.05, 3.63) is 35.4 Å². The predicted octanol–water partition coefficient (Wildman–Crippen LogP) is 2.56. The van der Waals surface area contributed by atoms with Crippen LogP contribution >= 0.6 is 12.4 Å². The molecule has 1 aliphatic rings. The SMILES string of the molecule is CC1CN(Cc2cc(F)ccc2F)CCC1N.Cl. The normalized spacial score (nSPS) is 24.7. The van der Waals surface area contributed by atoms with E-state index in [0.29, 0.717) is 18.0 Å². The third kappa shape index (κ3) is 3.64. The van der Waals surface area contributed by atoms with E-state index >= 15 is 0 Å². The Bertz CT molecular complexity index is 401. The van der Waals surface area contributed by atoms with Crippen molar-refractivity contribution in [2.45, 2.75) is 25.9 Å². The van der Waals surface area contributed by atoms with Crippen LogP contribution in [0.25, 0.3) is 0 Å². The highest BCUT2D eigenvalue weighted by molar-refractivity contribution is 5.85. The first-order chi connectivity index (χ1) is 8.06. The Balaban J connectivity index is 0.00000162. The second kappa shape index (κ2) is 6.45. The lowest BCUT2D eigenvalue weighted by atomic mass is 9.94. The van der Waals surface area contributed by atoms with Crippen LogP contribution < -0.4 is 5.73 Å². The van der Waals surface area contributed by atoms with Crippen LogP contribution in [0.3, 0.4) is 0 Å². The molecule has 2 atom stereocenters. The number of likely N-dealkylation sites (tertiary alicyclic amines) is 1. The van der Waals surface area contributed by atoms with Crippen molar-refractivity contribution in [2.24, 2.45) is 11.7 Å². The molecule has 0 radical (unpaired) electrons. The highest BCUT2D eigenvalue weighted by Crippen LogP contribution is 2.19. The summed E-state index contributed by atoms with van der Waals surface area (Å²) in [5, 5.41) is 0. The Morgan fingerprint density at radius 1 is 1.39 bits per heavy atom. The average molecular weight is 277 g/mol. The standard InChI is InChI=1S/C13H18F2N2.ClH/c1-9-7-17(5-4-13(9)16)8-10-6-11(14)2-3-12(10)15;/h2-3,6,9,13H,4-5,7-8,16H2,1H3;1H. The number of halogens is 3. The van der Waals surface area contributed by atoms with Crippen LogP contribution in [0.5, 0.6) is 0 Å². The van der Waals surface area contributed by atoms with Crippen LogP contribution in [-0.2, 0) is 6.54 Å². The molecule has 2 unspecified atom stereocenters. The van der Waals surface area contributed by atoms with E-state index in [0.717, 1.165) is 25.6 Å². The summed E-state index contributed by atoms with van der Waals surface area (Å²) < 4.78 is 26.5. The second-order valence-corrected chi connectivity index (χ2v) is 4.90. The van der Waals surface area contributed by atoms with Gasteiger partial charge in [0.1, 0.15) is 11.6 Å². The molecule has 2 N–H and O–H groups in total. The van der Waals surface area contributed by atoms with Crippen LogP contribution in [0.2, 0.25) is 0 Å². The fourth-order valence-corrected chi connectivity index (χ4v) is 2.30. The quantitative estimate of drug-likeness (QED) is 0.900. The largest absolute Gasteiger partial charge is 0.327 e. The molecule has 2 rings (SSSR count). The van der Waals surface area contributed by atoms with E-state index in [2.05, 4.69) is 11.8 Å². The average Bonchev–Trinajstić information content (AvgIpc) is 2.29. The summed E-state index contributed by atoms with van der Waals surface area (Å²) in [6.45, 7) is 4.25. The molecular formula is C13H19ClF2N2. The van der Waals surface area contributed by atoms with Gasteiger partial charge >= 0.3 is 0 Å². The summed E-state index contributed by atoms with van der Waals surface area (Å²) in [7, 11) is 0. The van der Waals surface area contributed by atoms with Gasteiger partial charge in [0.2, 0.25) is 0 Å². The molecule has 1 aliphatic heterocycles. The van der Waals surface area contributed by atoms with Crippen molar-refractivity contribution in [3.63, 3.8) is 0 Å². The van der Waals surface area contributed by atoms with Crippen LogP contribution in [0.1, 0.15) is 18.9 Å². The molecule has 1 aromatic carbocycles. The smallest absolute Gasteiger partial charge is 0.127 e. The van der Waals surface area contributed by atoms with Gasteiger partial charge in [-0.1, -0.05) is 6.92 Å². The van der Waals surface area contributed by atoms with Crippen LogP contribution in [-0.4, -0.2) is 24.0 Å². The predicted molar refractivity (Wildman–Crippen MR) is 70.6 cm³/mol. The Morgan fingerprint density at radius 2 is 2.11 bits per heavy atom. The maximum atomic E-state index is 13.5. The fraction of sp³-hybridized carbons (Fsp3) is 0.538. The zero-order chi connectivity index (χ0) is 12.4. The van der Waals surface area contributed by atoms with Crippen molar-refractivity contribution in [1.29, 1.82) is 0 Å². The molecule has 0 amide bonds. The lowest BCUT2D eigenvalue weighted by molar-refractivity contribution is 0.156. The molecule has 1 heterocycles. The number of hydrogen-bond donors (Lipinski definition) is 1. The maximum Gasteiger partial charge on any atom is 0.127 e. The molecule has 102 valence electrons. The van der Waals surface area contributed by atoms with Gasteiger partial charge in [-0.25, -0.2) is 8.78 Å². The van der Waals surface area contributed by atoms with E-state index in [1.165, 1.54) is 12.1 Å². The van der Waals surface area contributed by atoms with Crippen LogP contribution in [0.15, 0.2) is 18.2 Å². The van der Waals surface area contributed by atoms with Gasteiger partial charge in [-0.3, -0.25) is 4.90 Å². The van der Waals surface area contributed by atoms with Crippen molar-refractivity contribution in [2.75, 3.05) is 13.1 Å². The summed E-state index contributed by atoms with van der Waals surface area (Å²) in [5.41, 5.74) is 6.35. The van der Waals surface area contributed by atoms with E-state index in [9.17, 15) is 8.78 Å². The van der Waals surface area contributed by atoms with Crippen molar-refractivity contribution in [1.82, 2.24) is 4.90 Å². The van der Waals surface area contributed by atoms with Gasteiger partial charge in [0.15, 0.2) is 0 Å². The first-order valence-corrected chi connectivity index (χ1v) is 5.98. The minimum Gasteiger partial charge on any atom is -0.327 e. The number of rotatable bonds is 2. The van der Waals surface area contributed by atoms with Crippen molar-refractivity contribution in [3.8, 4) is 0 Å². The molecular weight excluding hydrogens is 258 g/mol. The van der Waals surface area contributed by atoms with Gasteiger partial charge in [-0.15, -0.1) is 12.4 Å². The summed E-state index contributed by atoms with van der Waals surface area (Å²) >= 11 is 0. The summed E-state index contributed by atoms with van der Waals surface area (Å²) in [5.74, 6) is -0.322. The zero-order valence-corrected chi connectivity index (χ0v) is 11.2. The molecule has 0 saturated carbocycles. The molecule has 0 aliphatic carbocycles. The number of nitrogens with two attached hydrogens (primary N) is 1. The molecule has 0 spiro atoms. The molecule has 2 nitrogen and oxygen atoms in total. The molecule has 1 saturated heterocycles. The number of benzene rings is 1. The summed E-state index contributed by atoms with van der Waals surface area (Å²) in [6.07, 6.45) is 0.915. The number of nitrogens with zero attached hydrogens (tertiary/aromatic N) is 1. The van der Waals surface area contributed by atoms with Crippen LogP contribution in [0.4, 0.5) is 8.78 Å². The minimum atomic E-state index is -0.386. The topological polar surface area (TPSA) is 29.3 Å². The number of hydrogen-bond acceptors (Lipinski definition) is 2. The van der Waals surface area contributed by atoms with Gasteiger partial charge in [0.25, 0.3) is 0 Å². The summed E-state index contributed by atoms with van der Waals surface area (Å²) in [6, 6.07) is 3.83. The molecule has 1 fully saturated rings. The molecule has 18 heavy (non-hydrogen) atoms. The Labute approximate surface area is 113 Å². The molecule has 1 aromatic rings. The highest BCUT2D eigenvalue weighted by atomic mass is 35.5. The van der Waals surface area contributed by atoms with E-state index in [-0.39, 0.29) is 30.1 Å². The third-order valence-corrected chi connectivity index (χ3v) is 3.46. The van der Waals surface area contributed by atoms with E-state index in [1.807, 2.05) is 0 Å². The van der Waals surface area contributed by atoms with Crippen molar-refractivity contribution >= 4 is 12.4 Å².